The minimum Gasteiger partial charge on any atom is -0.396 e. The van der Waals surface area contributed by atoms with Crippen molar-refractivity contribution < 1.29 is 23.4 Å². The van der Waals surface area contributed by atoms with E-state index in [0.717, 1.165) is 12.1 Å². The van der Waals surface area contributed by atoms with Crippen LogP contribution in [0.3, 0.4) is 0 Å². The number of aliphatic hydroxyl groups excluding tert-OH is 2. The van der Waals surface area contributed by atoms with Gasteiger partial charge in [0.1, 0.15) is 0 Å². The number of rotatable bonds is 7. The fourth-order valence-electron chi connectivity index (χ4n) is 2.75. The van der Waals surface area contributed by atoms with Gasteiger partial charge in [-0.3, -0.25) is 0 Å². The molecular weight excluding hydrogens is 399 g/mol. The average molecular weight is 420 g/mol. The Bertz CT molecular complexity index is 784. The smallest absolute Gasteiger partial charge is 0.396 e. The van der Waals surface area contributed by atoms with Gasteiger partial charge in [0.15, 0.2) is 0 Å². The van der Waals surface area contributed by atoms with Crippen molar-refractivity contribution in [2.75, 3.05) is 6.61 Å². The van der Waals surface area contributed by atoms with Gasteiger partial charge in [-0.15, -0.1) is 0 Å². The quantitative estimate of drug-likeness (QED) is 0.602. The minimum atomic E-state index is -4.39. The van der Waals surface area contributed by atoms with E-state index in [1.807, 2.05) is 0 Å². The Kier molecular flexibility index (Phi) is 7.21. The highest BCUT2D eigenvalue weighted by atomic mass is 35.5. The molecule has 2 unspecified atom stereocenters. The van der Waals surface area contributed by atoms with Crippen LogP contribution in [-0.4, -0.2) is 22.9 Å². The van der Waals surface area contributed by atoms with Gasteiger partial charge in [-0.1, -0.05) is 35.5 Å². The molecule has 0 aliphatic heterocycles. The summed E-state index contributed by atoms with van der Waals surface area (Å²) in [5.74, 6) is 0. The maximum absolute atomic E-state index is 12.8. The lowest BCUT2D eigenvalue weighted by molar-refractivity contribution is -0.137. The Morgan fingerprint density at radius 1 is 1.15 bits per heavy atom. The fourth-order valence-corrected chi connectivity index (χ4v) is 4.12. The molecule has 0 aromatic heterocycles. The first-order valence-corrected chi connectivity index (χ1v) is 9.45. The van der Waals surface area contributed by atoms with Gasteiger partial charge in [0.05, 0.1) is 11.7 Å². The van der Waals surface area contributed by atoms with E-state index < -0.39 is 23.4 Å². The molecule has 0 aliphatic rings. The van der Waals surface area contributed by atoms with E-state index in [2.05, 4.69) is 0 Å². The van der Waals surface area contributed by atoms with Crippen LogP contribution in [0.5, 0.6) is 0 Å². The third kappa shape index (κ3) is 6.12. The van der Waals surface area contributed by atoms with Crippen LogP contribution >= 0.6 is 23.4 Å². The zero-order valence-corrected chi connectivity index (χ0v) is 16.2. The summed E-state index contributed by atoms with van der Waals surface area (Å²) in [6.07, 6.45) is -4.73. The van der Waals surface area contributed by atoms with Crippen molar-refractivity contribution in [2.24, 2.45) is 5.73 Å². The van der Waals surface area contributed by atoms with Crippen molar-refractivity contribution >= 4 is 23.4 Å². The van der Waals surface area contributed by atoms with Gasteiger partial charge in [-0.25, -0.2) is 0 Å². The summed E-state index contributed by atoms with van der Waals surface area (Å²) in [4.78, 5) is 1.12. The summed E-state index contributed by atoms with van der Waals surface area (Å²) < 4.78 is 38.5. The number of hydrogen-bond acceptors (Lipinski definition) is 4. The fraction of sp³-hybridized carbons (Fsp3) is 0.368. The Hall–Kier alpha value is -1.25. The Morgan fingerprint density at radius 3 is 2.41 bits per heavy atom. The summed E-state index contributed by atoms with van der Waals surface area (Å²) >= 11 is 7.51. The topological polar surface area (TPSA) is 66.5 Å². The Morgan fingerprint density at radius 2 is 1.81 bits per heavy atom. The van der Waals surface area contributed by atoms with Crippen LogP contribution in [0.1, 0.15) is 30.9 Å². The molecule has 2 atom stereocenters. The van der Waals surface area contributed by atoms with Crippen LogP contribution in [0.15, 0.2) is 52.3 Å². The number of hydrogen-bond donors (Lipinski definition) is 3. The molecule has 3 nitrogen and oxygen atoms in total. The summed E-state index contributed by atoms with van der Waals surface area (Å²) in [7, 11) is 0. The third-order valence-electron chi connectivity index (χ3n) is 4.07. The highest BCUT2D eigenvalue weighted by Crippen LogP contribution is 2.37. The van der Waals surface area contributed by atoms with E-state index in [1.165, 1.54) is 17.8 Å². The molecule has 148 valence electrons. The van der Waals surface area contributed by atoms with Gasteiger partial charge >= 0.3 is 6.18 Å². The van der Waals surface area contributed by atoms with Crippen molar-refractivity contribution in [1.29, 1.82) is 0 Å². The van der Waals surface area contributed by atoms with Gasteiger partial charge < -0.3 is 15.9 Å². The van der Waals surface area contributed by atoms with Gasteiger partial charge in [-0.05, 0) is 55.7 Å². The van der Waals surface area contributed by atoms with Gasteiger partial charge in [0, 0.05) is 27.0 Å². The van der Waals surface area contributed by atoms with Crippen molar-refractivity contribution in [3.05, 3.63) is 58.6 Å². The largest absolute Gasteiger partial charge is 0.416 e. The average Bonchev–Trinajstić information content (AvgIpc) is 2.53. The van der Waals surface area contributed by atoms with Crippen LogP contribution in [0, 0.1) is 0 Å². The van der Waals surface area contributed by atoms with E-state index in [0.29, 0.717) is 20.4 Å². The molecule has 0 bridgehead atoms. The number of halogens is 4. The van der Waals surface area contributed by atoms with E-state index >= 15 is 0 Å². The van der Waals surface area contributed by atoms with Gasteiger partial charge in [0.2, 0.25) is 0 Å². The molecule has 2 aromatic rings. The highest BCUT2D eigenvalue weighted by Gasteiger charge is 2.30. The molecule has 0 aliphatic carbocycles. The second-order valence-corrected chi connectivity index (χ2v) is 8.11. The molecule has 0 spiro atoms. The molecule has 2 aromatic carbocycles. The standard InChI is InChI=1S/C19H21ClF3NO2S/c1-18(24,11-13(26)7-8-25)16-6-5-15(10-17(16)20)27-14-4-2-3-12(9-14)19(21,22)23/h2-6,9-10,13,25-26H,7-8,11,24H2,1H3. The predicted octanol–water partition coefficient (Wildman–Crippen LogP) is 4.82. The monoisotopic (exact) mass is 419 g/mol. The lowest BCUT2D eigenvalue weighted by Crippen LogP contribution is -2.37. The second-order valence-electron chi connectivity index (χ2n) is 6.56. The molecule has 0 heterocycles. The molecular formula is C19H21ClF3NO2S. The van der Waals surface area contributed by atoms with Crippen LogP contribution in [0.4, 0.5) is 13.2 Å². The lowest BCUT2D eigenvalue weighted by Gasteiger charge is -2.29. The number of nitrogens with two attached hydrogens (primary N) is 1. The first kappa shape index (κ1) is 22.0. The molecule has 27 heavy (non-hydrogen) atoms. The molecule has 2 rings (SSSR count). The molecule has 4 N–H and O–H groups in total. The number of alkyl halides is 3. The third-order valence-corrected chi connectivity index (χ3v) is 5.37. The summed E-state index contributed by atoms with van der Waals surface area (Å²) in [6, 6.07) is 10.2. The summed E-state index contributed by atoms with van der Waals surface area (Å²) in [5, 5.41) is 19.2. The minimum absolute atomic E-state index is 0.141. The first-order valence-electron chi connectivity index (χ1n) is 8.26. The normalized spacial score (nSPS) is 15.4. The molecule has 0 fully saturated rings. The van der Waals surface area contributed by atoms with E-state index in [4.69, 9.17) is 22.4 Å². The summed E-state index contributed by atoms with van der Waals surface area (Å²) in [5.41, 5.74) is 5.28. The Balaban J connectivity index is 2.19. The van der Waals surface area contributed by atoms with Crippen molar-refractivity contribution in [3.63, 3.8) is 0 Å². The van der Waals surface area contributed by atoms with E-state index in [1.54, 1.807) is 31.2 Å². The van der Waals surface area contributed by atoms with E-state index in [9.17, 15) is 18.3 Å². The molecule has 0 amide bonds. The number of aliphatic hydroxyl groups is 2. The maximum atomic E-state index is 12.8. The van der Waals surface area contributed by atoms with Crippen LogP contribution < -0.4 is 5.73 Å². The second kappa shape index (κ2) is 8.84. The molecule has 8 heteroatoms. The van der Waals surface area contributed by atoms with Crippen molar-refractivity contribution in [3.8, 4) is 0 Å². The molecule has 0 saturated carbocycles. The van der Waals surface area contributed by atoms with Crippen molar-refractivity contribution in [1.82, 2.24) is 0 Å². The summed E-state index contributed by atoms with van der Waals surface area (Å²) in [6.45, 7) is 1.59. The zero-order valence-electron chi connectivity index (χ0n) is 14.6. The highest BCUT2D eigenvalue weighted by molar-refractivity contribution is 7.99. The van der Waals surface area contributed by atoms with Crippen LogP contribution in [-0.2, 0) is 11.7 Å². The SMILES string of the molecule is CC(N)(CC(O)CCO)c1ccc(Sc2cccc(C(F)(F)F)c2)cc1Cl. The Labute approximate surface area is 165 Å². The first-order chi connectivity index (χ1) is 12.5. The predicted molar refractivity (Wildman–Crippen MR) is 101 cm³/mol. The lowest BCUT2D eigenvalue weighted by atomic mass is 9.86. The van der Waals surface area contributed by atoms with Crippen LogP contribution in [0.25, 0.3) is 0 Å². The zero-order chi connectivity index (χ0) is 20.2. The van der Waals surface area contributed by atoms with E-state index in [-0.39, 0.29) is 19.4 Å². The van der Waals surface area contributed by atoms with Crippen LogP contribution in [0.2, 0.25) is 5.02 Å². The maximum Gasteiger partial charge on any atom is 0.416 e. The molecule has 0 saturated heterocycles. The number of benzene rings is 2. The van der Waals surface area contributed by atoms with Crippen molar-refractivity contribution in [2.45, 2.75) is 47.4 Å². The van der Waals surface area contributed by atoms with Gasteiger partial charge in [0.25, 0.3) is 0 Å². The van der Waals surface area contributed by atoms with Gasteiger partial charge in [-0.2, -0.15) is 13.2 Å². The molecule has 0 radical (unpaired) electrons.